The molecule has 7 heteroatoms. The van der Waals surface area contributed by atoms with Crippen LogP contribution in [0.25, 0.3) is 0 Å². The lowest BCUT2D eigenvalue weighted by Crippen LogP contribution is -2.47. The van der Waals surface area contributed by atoms with Gasteiger partial charge in [0.15, 0.2) is 0 Å². The zero-order valence-electron chi connectivity index (χ0n) is 13.7. The average molecular weight is 336 g/mol. The Balaban J connectivity index is 1.51. The molecule has 0 amide bonds. The van der Waals surface area contributed by atoms with Gasteiger partial charge in [0.1, 0.15) is 17.5 Å². The number of β-amino-alcohol motifs (C(OH)–C–C–N with tert-alkyl or cyclic N) is 1. The molecule has 1 atom stereocenters. The standard InChI is InChI=1S/C17H22F2N4O/c1-21-5-4-20-17(21)12-23-8-6-22(7-9-23)11-16(24)14-10-13(18)2-3-15(14)19/h2-5,10,16,24H,6-9,11-12H2,1H3/t16-/m1/s1. The van der Waals surface area contributed by atoms with Crippen LogP contribution in [0.15, 0.2) is 30.6 Å². The number of nitrogens with zero attached hydrogens (tertiary/aromatic N) is 4. The Morgan fingerprint density at radius 3 is 2.54 bits per heavy atom. The number of aliphatic hydroxyl groups is 1. The van der Waals surface area contributed by atoms with Crippen LogP contribution in [0.1, 0.15) is 17.5 Å². The SMILES string of the molecule is Cn1ccnc1CN1CCN(C[C@@H](O)c2cc(F)ccc2F)CC1. The number of hydrogen-bond donors (Lipinski definition) is 1. The van der Waals surface area contributed by atoms with Gasteiger partial charge in [0.25, 0.3) is 0 Å². The third kappa shape index (κ3) is 3.98. The molecule has 1 aromatic carbocycles. The van der Waals surface area contributed by atoms with E-state index < -0.39 is 17.7 Å². The predicted octanol–water partition coefficient (Wildman–Crippen LogP) is 1.55. The highest BCUT2D eigenvalue weighted by Crippen LogP contribution is 2.20. The van der Waals surface area contributed by atoms with Crippen molar-refractivity contribution < 1.29 is 13.9 Å². The molecule has 1 aromatic heterocycles. The van der Waals surface area contributed by atoms with Crippen molar-refractivity contribution in [1.29, 1.82) is 0 Å². The summed E-state index contributed by atoms with van der Waals surface area (Å²) in [7, 11) is 1.97. The molecule has 130 valence electrons. The minimum absolute atomic E-state index is 0.0189. The maximum absolute atomic E-state index is 13.7. The predicted molar refractivity (Wildman–Crippen MR) is 86.2 cm³/mol. The summed E-state index contributed by atoms with van der Waals surface area (Å²) in [6.07, 6.45) is 2.69. The Morgan fingerprint density at radius 2 is 1.88 bits per heavy atom. The molecular weight excluding hydrogens is 314 g/mol. The van der Waals surface area contributed by atoms with Crippen LogP contribution < -0.4 is 0 Å². The van der Waals surface area contributed by atoms with E-state index in [-0.39, 0.29) is 5.56 Å². The second kappa shape index (κ2) is 7.38. The molecular formula is C17H22F2N4O. The van der Waals surface area contributed by atoms with E-state index in [1.165, 1.54) is 0 Å². The number of hydrogen-bond acceptors (Lipinski definition) is 4. The molecule has 3 rings (SSSR count). The molecule has 1 aliphatic heterocycles. The van der Waals surface area contributed by atoms with Crippen molar-refractivity contribution in [3.05, 3.63) is 53.6 Å². The normalized spacial score (nSPS) is 18.0. The third-order valence-corrected chi connectivity index (χ3v) is 4.50. The van der Waals surface area contributed by atoms with Gasteiger partial charge in [-0.1, -0.05) is 0 Å². The molecule has 0 saturated carbocycles. The molecule has 2 heterocycles. The third-order valence-electron chi connectivity index (χ3n) is 4.50. The first kappa shape index (κ1) is 17.0. The van der Waals surface area contributed by atoms with Crippen LogP contribution in [0.2, 0.25) is 0 Å². The van der Waals surface area contributed by atoms with E-state index in [1.807, 2.05) is 17.8 Å². The molecule has 1 aliphatic rings. The summed E-state index contributed by atoms with van der Waals surface area (Å²) in [6.45, 7) is 4.35. The number of imidazole rings is 1. The van der Waals surface area contributed by atoms with Gasteiger partial charge in [0.05, 0.1) is 12.6 Å². The first-order valence-corrected chi connectivity index (χ1v) is 8.07. The number of aryl methyl sites for hydroxylation is 1. The summed E-state index contributed by atoms with van der Waals surface area (Å²) in [4.78, 5) is 8.70. The fourth-order valence-electron chi connectivity index (χ4n) is 2.99. The van der Waals surface area contributed by atoms with Gasteiger partial charge in [-0.2, -0.15) is 0 Å². The van der Waals surface area contributed by atoms with Crippen molar-refractivity contribution in [1.82, 2.24) is 19.4 Å². The van der Waals surface area contributed by atoms with Gasteiger partial charge in [-0.15, -0.1) is 0 Å². The van der Waals surface area contributed by atoms with Crippen molar-refractivity contribution >= 4 is 0 Å². The number of aliphatic hydroxyl groups excluding tert-OH is 1. The van der Waals surface area contributed by atoms with Crippen LogP contribution in [0.4, 0.5) is 8.78 Å². The Bertz CT molecular complexity index is 683. The molecule has 24 heavy (non-hydrogen) atoms. The van der Waals surface area contributed by atoms with E-state index >= 15 is 0 Å². The van der Waals surface area contributed by atoms with Gasteiger partial charge in [-0.05, 0) is 18.2 Å². The smallest absolute Gasteiger partial charge is 0.129 e. The lowest BCUT2D eigenvalue weighted by molar-refractivity contribution is 0.0672. The second-order valence-electron chi connectivity index (χ2n) is 6.21. The van der Waals surface area contributed by atoms with Gasteiger partial charge >= 0.3 is 0 Å². The quantitative estimate of drug-likeness (QED) is 0.900. The highest BCUT2D eigenvalue weighted by atomic mass is 19.1. The van der Waals surface area contributed by atoms with Crippen LogP contribution in [-0.4, -0.2) is 57.2 Å². The van der Waals surface area contributed by atoms with Crippen LogP contribution in [-0.2, 0) is 13.6 Å². The first-order chi connectivity index (χ1) is 11.5. The van der Waals surface area contributed by atoms with Crippen LogP contribution in [0.5, 0.6) is 0 Å². The molecule has 0 radical (unpaired) electrons. The molecule has 5 nitrogen and oxygen atoms in total. The van der Waals surface area contributed by atoms with Crippen molar-refractivity contribution in [2.45, 2.75) is 12.6 Å². The summed E-state index contributed by atoms with van der Waals surface area (Å²) in [6, 6.07) is 3.18. The molecule has 0 spiro atoms. The van der Waals surface area contributed by atoms with Gasteiger partial charge in [-0.25, -0.2) is 13.8 Å². The fraction of sp³-hybridized carbons (Fsp3) is 0.471. The minimum atomic E-state index is -1.03. The zero-order chi connectivity index (χ0) is 17.1. The van der Waals surface area contributed by atoms with Crippen molar-refractivity contribution in [3.8, 4) is 0 Å². The Labute approximate surface area is 140 Å². The van der Waals surface area contributed by atoms with Crippen LogP contribution in [0.3, 0.4) is 0 Å². The summed E-state index contributed by atoms with van der Waals surface area (Å²) in [5.74, 6) is -0.0898. The maximum Gasteiger partial charge on any atom is 0.129 e. The van der Waals surface area contributed by atoms with Crippen molar-refractivity contribution in [2.24, 2.45) is 7.05 Å². The van der Waals surface area contributed by atoms with Gasteiger partial charge in [0, 0.05) is 57.7 Å². The summed E-state index contributed by atoms with van der Waals surface area (Å²) < 4.78 is 29.0. The maximum atomic E-state index is 13.7. The zero-order valence-corrected chi connectivity index (χ0v) is 13.7. The van der Waals surface area contributed by atoms with E-state index in [0.29, 0.717) is 6.54 Å². The second-order valence-corrected chi connectivity index (χ2v) is 6.21. The Morgan fingerprint density at radius 1 is 1.17 bits per heavy atom. The number of aromatic nitrogens is 2. The first-order valence-electron chi connectivity index (χ1n) is 8.07. The van der Waals surface area contributed by atoms with Crippen LogP contribution >= 0.6 is 0 Å². The Kier molecular flexibility index (Phi) is 5.23. The van der Waals surface area contributed by atoms with E-state index in [1.54, 1.807) is 6.20 Å². The van der Waals surface area contributed by atoms with Gasteiger partial charge in [-0.3, -0.25) is 9.80 Å². The largest absolute Gasteiger partial charge is 0.387 e. The van der Waals surface area contributed by atoms with E-state index in [2.05, 4.69) is 14.8 Å². The molecule has 1 N–H and O–H groups in total. The number of benzene rings is 1. The number of rotatable bonds is 5. The van der Waals surface area contributed by atoms with Crippen molar-refractivity contribution in [2.75, 3.05) is 32.7 Å². The summed E-state index contributed by atoms with van der Waals surface area (Å²) >= 11 is 0. The molecule has 0 bridgehead atoms. The lowest BCUT2D eigenvalue weighted by atomic mass is 10.1. The minimum Gasteiger partial charge on any atom is -0.387 e. The fourth-order valence-corrected chi connectivity index (χ4v) is 2.99. The molecule has 0 unspecified atom stereocenters. The average Bonchev–Trinajstić information content (AvgIpc) is 2.96. The monoisotopic (exact) mass is 336 g/mol. The molecule has 1 saturated heterocycles. The topological polar surface area (TPSA) is 44.5 Å². The summed E-state index contributed by atoms with van der Waals surface area (Å²) in [5, 5.41) is 10.2. The van der Waals surface area contributed by atoms with Crippen LogP contribution in [0, 0.1) is 11.6 Å². The lowest BCUT2D eigenvalue weighted by Gasteiger charge is -2.35. The van der Waals surface area contributed by atoms with E-state index in [0.717, 1.165) is 56.7 Å². The molecule has 0 aliphatic carbocycles. The molecule has 2 aromatic rings. The summed E-state index contributed by atoms with van der Waals surface area (Å²) in [5.41, 5.74) is 0.0189. The molecule has 1 fully saturated rings. The van der Waals surface area contributed by atoms with E-state index in [9.17, 15) is 13.9 Å². The van der Waals surface area contributed by atoms with Crippen molar-refractivity contribution in [3.63, 3.8) is 0 Å². The highest BCUT2D eigenvalue weighted by Gasteiger charge is 2.22. The van der Waals surface area contributed by atoms with Gasteiger partial charge in [0.2, 0.25) is 0 Å². The Hall–Kier alpha value is -1.83. The number of halogens is 2. The number of piperazine rings is 1. The van der Waals surface area contributed by atoms with Gasteiger partial charge < -0.3 is 9.67 Å². The highest BCUT2D eigenvalue weighted by molar-refractivity contribution is 5.21. The van der Waals surface area contributed by atoms with E-state index in [4.69, 9.17) is 0 Å².